The molecule has 0 aromatic rings. The van der Waals surface area contributed by atoms with Crippen molar-refractivity contribution in [2.75, 3.05) is 18.8 Å². The SMILES string of the molecule is CCCCC(=O)NC1CCN(S(=O)(=O)CCCC)CC1. The van der Waals surface area contributed by atoms with Crippen LogP contribution in [-0.4, -0.2) is 43.5 Å². The average molecular weight is 304 g/mol. The lowest BCUT2D eigenvalue weighted by Crippen LogP contribution is -2.47. The lowest BCUT2D eigenvalue weighted by atomic mass is 10.1. The molecule has 6 heteroatoms. The monoisotopic (exact) mass is 304 g/mol. The van der Waals surface area contributed by atoms with Crippen LogP contribution in [0, 0.1) is 0 Å². The lowest BCUT2D eigenvalue weighted by Gasteiger charge is -2.31. The first-order valence-corrected chi connectivity index (χ1v) is 9.37. The molecule has 1 aliphatic heterocycles. The van der Waals surface area contributed by atoms with Crippen LogP contribution in [0.4, 0.5) is 0 Å². The molecule has 118 valence electrons. The molecular formula is C14H28N2O3S. The van der Waals surface area contributed by atoms with Gasteiger partial charge in [0.25, 0.3) is 0 Å². The molecule has 20 heavy (non-hydrogen) atoms. The molecule has 0 spiro atoms. The van der Waals surface area contributed by atoms with E-state index in [1.165, 1.54) is 0 Å². The maximum Gasteiger partial charge on any atom is 0.220 e. The number of rotatable bonds is 8. The van der Waals surface area contributed by atoms with Gasteiger partial charge in [-0.1, -0.05) is 26.7 Å². The molecule has 0 atom stereocenters. The van der Waals surface area contributed by atoms with Gasteiger partial charge in [0, 0.05) is 25.6 Å². The van der Waals surface area contributed by atoms with E-state index in [1.54, 1.807) is 4.31 Å². The zero-order chi connectivity index (χ0) is 15.0. The van der Waals surface area contributed by atoms with Gasteiger partial charge in [0.1, 0.15) is 0 Å². The number of carbonyl (C=O) groups is 1. The Kier molecular flexibility index (Phi) is 7.51. The molecule has 1 fully saturated rings. The van der Waals surface area contributed by atoms with Crippen LogP contribution in [0.25, 0.3) is 0 Å². The van der Waals surface area contributed by atoms with Gasteiger partial charge in [-0.05, 0) is 25.7 Å². The first-order valence-electron chi connectivity index (χ1n) is 7.76. The van der Waals surface area contributed by atoms with Crippen LogP contribution < -0.4 is 5.32 Å². The maximum atomic E-state index is 12.1. The molecule has 1 rings (SSSR count). The normalized spacial score (nSPS) is 18.1. The summed E-state index contributed by atoms with van der Waals surface area (Å²) >= 11 is 0. The van der Waals surface area contributed by atoms with E-state index in [9.17, 15) is 13.2 Å². The number of unbranched alkanes of at least 4 members (excludes halogenated alkanes) is 2. The van der Waals surface area contributed by atoms with Crippen molar-refractivity contribution in [3.8, 4) is 0 Å². The second-order valence-corrected chi connectivity index (χ2v) is 7.60. The number of nitrogens with zero attached hydrogens (tertiary/aromatic N) is 1. The number of amides is 1. The van der Waals surface area contributed by atoms with Crippen molar-refractivity contribution >= 4 is 15.9 Å². The first-order chi connectivity index (χ1) is 9.49. The Bertz CT molecular complexity index is 387. The largest absolute Gasteiger partial charge is 0.353 e. The van der Waals surface area contributed by atoms with E-state index in [2.05, 4.69) is 12.2 Å². The summed E-state index contributed by atoms with van der Waals surface area (Å²) < 4.78 is 25.7. The highest BCUT2D eigenvalue weighted by Gasteiger charge is 2.27. The van der Waals surface area contributed by atoms with Gasteiger partial charge in [0.15, 0.2) is 0 Å². The van der Waals surface area contributed by atoms with Crippen LogP contribution in [0.3, 0.4) is 0 Å². The van der Waals surface area contributed by atoms with Crippen LogP contribution in [-0.2, 0) is 14.8 Å². The summed E-state index contributed by atoms with van der Waals surface area (Å²) in [6, 6.07) is 0.136. The summed E-state index contributed by atoms with van der Waals surface area (Å²) in [6.07, 6.45) is 5.56. The zero-order valence-electron chi connectivity index (χ0n) is 12.7. The number of piperidine rings is 1. The Morgan fingerprint density at radius 2 is 1.75 bits per heavy atom. The van der Waals surface area contributed by atoms with E-state index in [1.807, 2.05) is 6.92 Å². The molecule has 1 N–H and O–H groups in total. The van der Waals surface area contributed by atoms with Gasteiger partial charge >= 0.3 is 0 Å². The van der Waals surface area contributed by atoms with Gasteiger partial charge in [-0.3, -0.25) is 4.79 Å². The second kappa shape index (κ2) is 8.62. The molecule has 0 radical (unpaired) electrons. The van der Waals surface area contributed by atoms with Crippen LogP contribution in [0.15, 0.2) is 0 Å². The van der Waals surface area contributed by atoms with Crippen molar-refractivity contribution < 1.29 is 13.2 Å². The molecule has 5 nitrogen and oxygen atoms in total. The summed E-state index contributed by atoms with van der Waals surface area (Å²) in [4.78, 5) is 11.6. The summed E-state index contributed by atoms with van der Waals surface area (Å²) in [5.41, 5.74) is 0. The van der Waals surface area contributed by atoms with Gasteiger partial charge in [-0.2, -0.15) is 0 Å². The summed E-state index contributed by atoms with van der Waals surface area (Å²) in [7, 11) is -3.09. The molecule has 0 bridgehead atoms. The quantitative estimate of drug-likeness (QED) is 0.744. The minimum Gasteiger partial charge on any atom is -0.353 e. The van der Waals surface area contributed by atoms with E-state index in [0.29, 0.717) is 19.5 Å². The van der Waals surface area contributed by atoms with Crippen molar-refractivity contribution in [3.63, 3.8) is 0 Å². The smallest absolute Gasteiger partial charge is 0.220 e. The summed E-state index contributed by atoms with van der Waals surface area (Å²) in [5.74, 6) is 0.343. The summed E-state index contributed by atoms with van der Waals surface area (Å²) in [6.45, 7) is 5.12. The molecule has 0 saturated carbocycles. The standard InChI is InChI=1S/C14H28N2O3S/c1-3-5-7-14(17)15-13-8-10-16(11-9-13)20(18,19)12-6-4-2/h13H,3-12H2,1-2H3,(H,15,17). The molecule has 0 unspecified atom stereocenters. The van der Waals surface area contributed by atoms with Gasteiger partial charge in [-0.25, -0.2) is 12.7 Å². The third-order valence-electron chi connectivity index (χ3n) is 3.73. The zero-order valence-corrected chi connectivity index (χ0v) is 13.5. The Morgan fingerprint density at radius 1 is 1.15 bits per heavy atom. The first kappa shape index (κ1) is 17.4. The third kappa shape index (κ3) is 5.79. The minimum atomic E-state index is -3.09. The summed E-state index contributed by atoms with van der Waals surface area (Å²) in [5, 5.41) is 3.01. The second-order valence-electron chi connectivity index (χ2n) is 5.51. The third-order valence-corrected chi connectivity index (χ3v) is 5.68. The van der Waals surface area contributed by atoms with E-state index in [-0.39, 0.29) is 17.7 Å². The number of hydrogen-bond acceptors (Lipinski definition) is 3. The minimum absolute atomic E-state index is 0.0964. The Labute approximate surface area is 123 Å². The predicted molar refractivity (Wildman–Crippen MR) is 81.0 cm³/mol. The topological polar surface area (TPSA) is 66.5 Å². The highest BCUT2D eigenvalue weighted by Crippen LogP contribution is 2.15. The Morgan fingerprint density at radius 3 is 2.30 bits per heavy atom. The lowest BCUT2D eigenvalue weighted by molar-refractivity contribution is -0.122. The highest BCUT2D eigenvalue weighted by molar-refractivity contribution is 7.89. The molecule has 1 saturated heterocycles. The van der Waals surface area contributed by atoms with E-state index < -0.39 is 10.0 Å². The maximum absolute atomic E-state index is 12.1. The predicted octanol–water partition coefficient (Wildman–Crippen LogP) is 1.89. The molecular weight excluding hydrogens is 276 g/mol. The van der Waals surface area contributed by atoms with Crippen molar-refractivity contribution in [2.45, 2.75) is 64.8 Å². The van der Waals surface area contributed by atoms with Crippen LogP contribution in [0.1, 0.15) is 58.8 Å². The van der Waals surface area contributed by atoms with Crippen LogP contribution >= 0.6 is 0 Å². The van der Waals surface area contributed by atoms with Crippen LogP contribution in [0.2, 0.25) is 0 Å². The molecule has 0 aliphatic carbocycles. The van der Waals surface area contributed by atoms with E-state index >= 15 is 0 Å². The van der Waals surface area contributed by atoms with Crippen molar-refractivity contribution in [3.05, 3.63) is 0 Å². The van der Waals surface area contributed by atoms with E-state index in [4.69, 9.17) is 0 Å². The molecule has 0 aromatic heterocycles. The Hall–Kier alpha value is -0.620. The van der Waals surface area contributed by atoms with Crippen molar-refractivity contribution in [1.82, 2.24) is 9.62 Å². The Balaban J connectivity index is 2.34. The molecule has 0 aromatic carbocycles. The van der Waals surface area contributed by atoms with Gasteiger partial charge in [0.2, 0.25) is 15.9 Å². The van der Waals surface area contributed by atoms with Crippen molar-refractivity contribution in [2.24, 2.45) is 0 Å². The van der Waals surface area contributed by atoms with Crippen molar-refractivity contribution in [1.29, 1.82) is 0 Å². The number of hydrogen-bond donors (Lipinski definition) is 1. The fraction of sp³-hybridized carbons (Fsp3) is 0.929. The molecule has 1 aliphatic rings. The fourth-order valence-electron chi connectivity index (χ4n) is 2.37. The van der Waals surface area contributed by atoms with Gasteiger partial charge in [0.05, 0.1) is 5.75 Å². The number of sulfonamides is 1. The fourth-order valence-corrected chi connectivity index (χ4v) is 4.05. The van der Waals surface area contributed by atoms with E-state index in [0.717, 1.165) is 38.5 Å². The highest BCUT2D eigenvalue weighted by atomic mass is 32.2. The van der Waals surface area contributed by atoms with Gasteiger partial charge < -0.3 is 5.32 Å². The average Bonchev–Trinajstić information content (AvgIpc) is 2.43. The molecule has 1 heterocycles. The number of nitrogens with one attached hydrogen (secondary N) is 1. The number of carbonyl (C=O) groups excluding carboxylic acids is 1. The molecule has 1 amide bonds. The van der Waals surface area contributed by atoms with Gasteiger partial charge in [-0.15, -0.1) is 0 Å². The van der Waals surface area contributed by atoms with Crippen LogP contribution in [0.5, 0.6) is 0 Å².